The topological polar surface area (TPSA) is 91.6 Å². The highest BCUT2D eigenvalue weighted by Crippen LogP contribution is 2.27. The zero-order valence-corrected chi connectivity index (χ0v) is 17.4. The number of nitrogens with one attached hydrogen (secondary N) is 2. The van der Waals surface area contributed by atoms with Crippen molar-refractivity contribution in [2.45, 2.75) is 30.8 Å². The normalized spacial score (nSPS) is 21.0. The first-order chi connectivity index (χ1) is 13.4. The third kappa shape index (κ3) is 4.53. The second kappa shape index (κ2) is 8.74. The molecule has 1 aliphatic heterocycles. The van der Waals surface area contributed by atoms with Crippen LogP contribution in [0.5, 0.6) is 0 Å². The Labute approximate surface area is 166 Å². The van der Waals surface area contributed by atoms with E-state index >= 15 is 0 Å². The zero-order chi connectivity index (χ0) is 20.1. The third-order valence-corrected chi connectivity index (χ3v) is 6.68. The summed E-state index contributed by atoms with van der Waals surface area (Å²) in [5.74, 6) is 1.38. The maximum Gasteiger partial charge on any atom is 0.240 e. The highest BCUT2D eigenvalue weighted by molar-refractivity contribution is 7.89. The Balaban J connectivity index is 1.67. The second-order valence-corrected chi connectivity index (χ2v) is 8.93. The summed E-state index contributed by atoms with van der Waals surface area (Å²) in [5.41, 5.74) is 0.883. The van der Waals surface area contributed by atoms with Gasteiger partial charge in [0.15, 0.2) is 5.96 Å². The van der Waals surface area contributed by atoms with Crippen LogP contribution in [-0.4, -0.2) is 56.0 Å². The molecule has 1 aromatic heterocycles. The summed E-state index contributed by atoms with van der Waals surface area (Å²) >= 11 is 0. The maximum atomic E-state index is 12.0. The van der Waals surface area contributed by atoms with Gasteiger partial charge in [-0.15, -0.1) is 0 Å². The van der Waals surface area contributed by atoms with Crippen LogP contribution in [0.1, 0.15) is 24.9 Å². The Bertz CT molecular complexity index is 910. The first-order valence-corrected chi connectivity index (χ1v) is 10.9. The van der Waals surface area contributed by atoms with E-state index in [9.17, 15) is 8.42 Å². The summed E-state index contributed by atoms with van der Waals surface area (Å²) < 4.78 is 28.5. The molecule has 1 aliphatic rings. The van der Waals surface area contributed by atoms with Crippen molar-refractivity contribution in [3.05, 3.63) is 48.5 Å². The highest BCUT2D eigenvalue weighted by Gasteiger charge is 2.28. The average Bonchev–Trinajstić information content (AvgIpc) is 3.24. The van der Waals surface area contributed by atoms with Crippen LogP contribution in [-0.2, 0) is 16.6 Å². The maximum absolute atomic E-state index is 12.0. The fourth-order valence-electron chi connectivity index (χ4n) is 3.55. The highest BCUT2D eigenvalue weighted by atomic mass is 32.2. The molecule has 2 unspecified atom stereocenters. The number of hydrogen-bond acceptors (Lipinski definition) is 4. The Hall–Kier alpha value is -2.39. The Morgan fingerprint density at radius 2 is 2.21 bits per heavy atom. The number of guanidine groups is 1. The molecule has 0 spiro atoms. The molecule has 1 saturated heterocycles. The minimum Gasteiger partial charge on any atom is -0.352 e. The SMILES string of the molecule is CN=C(NCc1cccc(S(=O)(=O)NC)c1)N1CCC(C)C(n2ccnc2)C1. The van der Waals surface area contributed by atoms with E-state index in [4.69, 9.17) is 0 Å². The lowest BCUT2D eigenvalue weighted by atomic mass is 9.93. The number of nitrogens with zero attached hydrogens (tertiary/aromatic N) is 4. The summed E-state index contributed by atoms with van der Waals surface area (Å²) in [6.07, 6.45) is 6.76. The van der Waals surface area contributed by atoms with Gasteiger partial charge in [0, 0.05) is 39.1 Å². The Morgan fingerprint density at radius 1 is 1.39 bits per heavy atom. The van der Waals surface area contributed by atoms with Crippen molar-refractivity contribution >= 4 is 16.0 Å². The van der Waals surface area contributed by atoms with Gasteiger partial charge >= 0.3 is 0 Å². The quantitative estimate of drug-likeness (QED) is 0.581. The summed E-state index contributed by atoms with van der Waals surface area (Å²) in [4.78, 5) is 11.1. The fourth-order valence-corrected chi connectivity index (χ4v) is 4.35. The van der Waals surface area contributed by atoms with E-state index in [-0.39, 0.29) is 4.90 Å². The van der Waals surface area contributed by atoms with Gasteiger partial charge < -0.3 is 14.8 Å². The molecule has 3 rings (SSSR count). The number of imidazole rings is 1. The molecule has 8 nitrogen and oxygen atoms in total. The number of rotatable bonds is 5. The monoisotopic (exact) mass is 404 g/mol. The zero-order valence-electron chi connectivity index (χ0n) is 16.5. The fraction of sp³-hybridized carbons (Fsp3) is 0.474. The van der Waals surface area contributed by atoms with Crippen LogP contribution < -0.4 is 10.0 Å². The molecule has 2 aromatic rings. The minimum atomic E-state index is -3.45. The number of hydrogen-bond donors (Lipinski definition) is 2. The van der Waals surface area contributed by atoms with Gasteiger partial charge in [-0.1, -0.05) is 19.1 Å². The van der Waals surface area contributed by atoms with E-state index in [1.54, 1.807) is 25.2 Å². The van der Waals surface area contributed by atoms with Crippen molar-refractivity contribution in [1.82, 2.24) is 24.5 Å². The van der Waals surface area contributed by atoms with Crippen LogP contribution in [0.4, 0.5) is 0 Å². The standard InChI is InChI=1S/C19H28N6O2S/c1-15-7-9-24(13-18(15)25-10-8-22-14-25)19(20-2)23-12-16-5-4-6-17(11-16)28(26,27)21-3/h4-6,8,10-11,14-15,18,21H,7,9,12-13H2,1-3H3,(H,20,23). The number of aliphatic imine (C=N–C) groups is 1. The third-order valence-electron chi connectivity index (χ3n) is 5.27. The Kier molecular flexibility index (Phi) is 6.35. The van der Waals surface area contributed by atoms with Crippen LogP contribution in [0.3, 0.4) is 0 Å². The Morgan fingerprint density at radius 3 is 2.89 bits per heavy atom. The number of benzene rings is 1. The summed E-state index contributed by atoms with van der Waals surface area (Å²) in [6.45, 7) is 4.55. The van der Waals surface area contributed by atoms with Gasteiger partial charge in [-0.05, 0) is 37.1 Å². The van der Waals surface area contributed by atoms with Gasteiger partial charge in [0.2, 0.25) is 10.0 Å². The van der Waals surface area contributed by atoms with Crippen LogP contribution >= 0.6 is 0 Å². The van der Waals surface area contributed by atoms with Crippen molar-refractivity contribution < 1.29 is 8.42 Å². The first kappa shape index (κ1) is 20.3. The summed E-state index contributed by atoms with van der Waals surface area (Å²) in [7, 11) is -0.266. The smallest absolute Gasteiger partial charge is 0.240 e. The number of likely N-dealkylation sites (tertiary alicyclic amines) is 1. The predicted octanol–water partition coefficient (Wildman–Crippen LogP) is 1.45. The van der Waals surface area contributed by atoms with E-state index in [1.807, 2.05) is 24.8 Å². The molecule has 2 atom stereocenters. The molecule has 2 heterocycles. The molecule has 0 saturated carbocycles. The van der Waals surface area contributed by atoms with Gasteiger partial charge in [-0.2, -0.15) is 0 Å². The molecule has 0 aliphatic carbocycles. The largest absolute Gasteiger partial charge is 0.352 e. The van der Waals surface area contributed by atoms with Crippen molar-refractivity contribution in [2.75, 3.05) is 27.2 Å². The number of piperidine rings is 1. The van der Waals surface area contributed by atoms with Gasteiger partial charge in [-0.25, -0.2) is 18.1 Å². The summed E-state index contributed by atoms with van der Waals surface area (Å²) in [6, 6.07) is 7.27. The molecule has 0 radical (unpaired) electrons. The van der Waals surface area contributed by atoms with E-state index in [0.29, 0.717) is 18.5 Å². The van der Waals surface area contributed by atoms with E-state index in [1.165, 1.54) is 7.05 Å². The molecule has 0 amide bonds. The van der Waals surface area contributed by atoms with E-state index < -0.39 is 10.0 Å². The predicted molar refractivity (Wildman–Crippen MR) is 110 cm³/mol. The lowest BCUT2D eigenvalue weighted by Crippen LogP contribution is -2.48. The van der Waals surface area contributed by atoms with Gasteiger partial charge in [0.1, 0.15) is 0 Å². The van der Waals surface area contributed by atoms with Crippen molar-refractivity contribution in [1.29, 1.82) is 0 Å². The molecule has 0 bridgehead atoms. The van der Waals surface area contributed by atoms with Crippen LogP contribution in [0.2, 0.25) is 0 Å². The van der Waals surface area contributed by atoms with Crippen LogP contribution in [0, 0.1) is 5.92 Å². The van der Waals surface area contributed by atoms with E-state index in [0.717, 1.165) is 31.0 Å². The molecule has 1 fully saturated rings. The second-order valence-electron chi connectivity index (χ2n) is 7.04. The van der Waals surface area contributed by atoms with Gasteiger partial charge in [0.25, 0.3) is 0 Å². The van der Waals surface area contributed by atoms with Crippen molar-refractivity contribution in [2.24, 2.45) is 10.9 Å². The number of aromatic nitrogens is 2. The molecule has 2 N–H and O–H groups in total. The van der Waals surface area contributed by atoms with Gasteiger partial charge in [0.05, 0.1) is 17.3 Å². The molecular weight excluding hydrogens is 376 g/mol. The lowest BCUT2D eigenvalue weighted by molar-refractivity contribution is 0.189. The molecular formula is C19H28N6O2S. The van der Waals surface area contributed by atoms with Gasteiger partial charge in [-0.3, -0.25) is 4.99 Å². The average molecular weight is 405 g/mol. The molecule has 1 aromatic carbocycles. The minimum absolute atomic E-state index is 0.260. The molecule has 152 valence electrons. The first-order valence-electron chi connectivity index (χ1n) is 9.40. The number of sulfonamides is 1. The molecule has 28 heavy (non-hydrogen) atoms. The van der Waals surface area contributed by atoms with Crippen molar-refractivity contribution in [3.8, 4) is 0 Å². The van der Waals surface area contributed by atoms with E-state index in [2.05, 4.69) is 36.4 Å². The molecule has 9 heteroatoms. The van der Waals surface area contributed by atoms with Crippen LogP contribution in [0.25, 0.3) is 0 Å². The van der Waals surface area contributed by atoms with Crippen molar-refractivity contribution in [3.63, 3.8) is 0 Å². The van der Waals surface area contributed by atoms with Crippen LogP contribution in [0.15, 0.2) is 52.9 Å². The lowest BCUT2D eigenvalue weighted by Gasteiger charge is -2.39. The summed E-state index contributed by atoms with van der Waals surface area (Å²) in [5, 5.41) is 3.37.